The predicted octanol–water partition coefficient (Wildman–Crippen LogP) is 2.44. The molecule has 0 atom stereocenters. The molecule has 0 unspecified atom stereocenters. The van der Waals surface area contributed by atoms with Crippen LogP contribution in [0.15, 0.2) is 29.4 Å². The Bertz CT molecular complexity index is 733. The second-order valence-electron chi connectivity index (χ2n) is 4.52. The molecule has 2 aromatic rings. The molecule has 0 aliphatic carbocycles. The van der Waals surface area contributed by atoms with Crippen LogP contribution >= 0.6 is 0 Å². The number of imidazole rings is 1. The van der Waals surface area contributed by atoms with Gasteiger partial charge in [0, 0.05) is 12.4 Å². The van der Waals surface area contributed by atoms with Crippen LogP contribution in [-0.2, 0) is 10.0 Å². The number of rotatable bonds is 4. The fourth-order valence-electron chi connectivity index (χ4n) is 2.09. The highest BCUT2D eigenvalue weighted by molar-refractivity contribution is 7.90. The van der Waals surface area contributed by atoms with Crippen LogP contribution in [0.2, 0.25) is 0 Å². The molecule has 2 rings (SSSR count). The first-order valence-electron chi connectivity index (χ1n) is 6.38. The van der Waals surface area contributed by atoms with Gasteiger partial charge in [-0.25, -0.2) is 17.4 Å². The summed E-state index contributed by atoms with van der Waals surface area (Å²) >= 11 is 0. The lowest BCUT2D eigenvalue weighted by Crippen LogP contribution is -2.15. The van der Waals surface area contributed by atoms with Gasteiger partial charge in [0.2, 0.25) is 0 Å². The highest BCUT2D eigenvalue weighted by Crippen LogP contribution is 2.28. The lowest BCUT2D eigenvalue weighted by molar-refractivity contribution is 0.337. The zero-order valence-corrected chi connectivity index (χ0v) is 12.9. The third-order valence-corrected chi connectivity index (χ3v) is 5.21. The number of benzene rings is 1. The molecule has 1 aromatic heterocycles. The monoisotopic (exact) mass is 294 g/mol. The summed E-state index contributed by atoms with van der Waals surface area (Å²) in [4.78, 5) is 4.24. The number of ether oxygens (including phenoxy) is 1. The minimum Gasteiger partial charge on any atom is -0.494 e. The van der Waals surface area contributed by atoms with E-state index in [2.05, 4.69) is 4.98 Å². The van der Waals surface area contributed by atoms with Gasteiger partial charge in [0.1, 0.15) is 11.6 Å². The second-order valence-corrected chi connectivity index (χ2v) is 6.30. The SMILES string of the molecule is CCOc1ccc(S(=O)(=O)n2ccnc2C)c(C)c1C. The molecule has 0 fully saturated rings. The van der Waals surface area contributed by atoms with Crippen LogP contribution in [-0.4, -0.2) is 24.0 Å². The van der Waals surface area contributed by atoms with Gasteiger partial charge in [0.25, 0.3) is 10.0 Å². The molecule has 0 saturated carbocycles. The average molecular weight is 294 g/mol. The minimum absolute atomic E-state index is 0.277. The number of nitrogens with zero attached hydrogens (tertiary/aromatic N) is 2. The van der Waals surface area contributed by atoms with Gasteiger partial charge in [-0.3, -0.25) is 0 Å². The van der Waals surface area contributed by atoms with E-state index >= 15 is 0 Å². The van der Waals surface area contributed by atoms with Crippen molar-refractivity contribution in [2.45, 2.75) is 32.6 Å². The van der Waals surface area contributed by atoms with E-state index in [0.717, 1.165) is 5.56 Å². The van der Waals surface area contributed by atoms with Crippen LogP contribution in [0.4, 0.5) is 0 Å². The average Bonchev–Trinajstić information content (AvgIpc) is 2.82. The molecule has 20 heavy (non-hydrogen) atoms. The lowest BCUT2D eigenvalue weighted by atomic mass is 10.1. The third kappa shape index (κ3) is 2.31. The van der Waals surface area contributed by atoms with Crippen molar-refractivity contribution in [1.82, 2.24) is 8.96 Å². The highest BCUT2D eigenvalue weighted by Gasteiger charge is 2.22. The summed E-state index contributed by atoms with van der Waals surface area (Å²) in [5.41, 5.74) is 1.54. The zero-order valence-electron chi connectivity index (χ0n) is 12.0. The van der Waals surface area contributed by atoms with Crippen LogP contribution in [0.5, 0.6) is 5.75 Å². The predicted molar refractivity (Wildman–Crippen MR) is 76.6 cm³/mol. The molecule has 0 spiro atoms. The molecule has 5 nitrogen and oxygen atoms in total. The molecule has 0 aliphatic heterocycles. The minimum atomic E-state index is -3.61. The van der Waals surface area contributed by atoms with E-state index in [0.29, 0.717) is 23.7 Å². The number of hydrogen-bond acceptors (Lipinski definition) is 4. The number of hydrogen-bond donors (Lipinski definition) is 0. The van der Waals surface area contributed by atoms with Crippen LogP contribution in [0, 0.1) is 20.8 Å². The molecular formula is C14H18N2O3S. The Morgan fingerprint density at radius 2 is 1.90 bits per heavy atom. The van der Waals surface area contributed by atoms with E-state index in [1.165, 1.54) is 16.4 Å². The summed E-state index contributed by atoms with van der Waals surface area (Å²) in [6.45, 7) is 7.76. The Morgan fingerprint density at radius 1 is 1.20 bits per heavy atom. The Hall–Kier alpha value is -1.82. The second kappa shape index (κ2) is 5.28. The standard InChI is InChI=1S/C14H18N2O3S/c1-5-19-13-6-7-14(11(3)10(13)2)20(17,18)16-9-8-15-12(16)4/h6-9H,5H2,1-4H3. The molecule has 0 N–H and O–H groups in total. The van der Waals surface area contributed by atoms with E-state index < -0.39 is 10.0 Å². The van der Waals surface area contributed by atoms with Crippen molar-refractivity contribution in [3.8, 4) is 5.75 Å². The summed E-state index contributed by atoms with van der Waals surface area (Å²) in [5.74, 6) is 1.15. The Balaban J connectivity index is 2.60. The van der Waals surface area contributed by atoms with Gasteiger partial charge in [-0.1, -0.05) is 0 Å². The van der Waals surface area contributed by atoms with Crippen LogP contribution in [0.1, 0.15) is 23.9 Å². The van der Waals surface area contributed by atoms with Gasteiger partial charge >= 0.3 is 0 Å². The normalized spacial score (nSPS) is 11.6. The van der Waals surface area contributed by atoms with Crippen molar-refractivity contribution in [1.29, 1.82) is 0 Å². The first-order chi connectivity index (χ1) is 9.39. The van der Waals surface area contributed by atoms with E-state index in [9.17, 15) is 8.42 Å². The summed E-state index contributed by atoms with van der Waals surface area (Å²) < 4.78 is 32.0. The maximum absolute atomic E-state index is 12.6. The molecule has 108 valence electrons. The van der Waals surface area contributed by atoms with Crippen molar-refractivity contribution in [3.63, 3.8) is 0 Å². The maximum atomic E-state index is 12.6. The number of aryl methyl sites for hydroxylation is 1. The largest absolute Gasteiger partial charge is 0.494 e. The van der Waals surface area contributed by atoms with Crippen molar-refractivity contribution in [2.75, 3.05) is 6.61 Å². The number of aromatic nitrogens is 2. The van der Waals surface area contributed by atoms with Crippen LogP contribution in [0.3, 0.4) is 0 Å². The molecule has 1 heterocycles. The van der Waals surface area contributed by atoms with Crippen molar-refractivity contribution in [2.24, 2.45) is 0 Å². The maximum Gasteiger partial charge on any atom is 0.269 e. The van der Waals surface area contributed by atoms with Gasteiger partial charge in [0.05, 0.1) is 11.5 Å². The molecule has 0 aliphatic rings. The van der Waals surface area contributed by atoms with Gasteiger partial charge in [0.15, 0.2) is 0 Å². The molecule has 0 bridgehead atoms. The van der Waals surface area contributed by atoms with Gasteiger partial charge in [-0.15, -0.1) is 0 Å². The molecular weight excluding hydrogens is 276 g/mol. The van der Waals surface area contributed by atoms with Crippen molar-refractivity contribution in [3.05, 3.63) is 41.5 Å². The Kier molecular flexibility index (Phi) is 3.85. The zero-order chi connectivity index (χ0) is 14.9. The van der Waals surface area contributed by atoms with E-state index in [-0.39, 0.29) is 4.90 Å². The lowest BCUT2D eigenvalue weighted by Gasteiger charge is -2.15. The van der Waals surface area contributed by atoms with E-state index in [4.69, 9.17) is 4.74 Å². The van der Waals surface area contributed by atoms with Crippen LogP contribution < -0.4 is 4.74 Å². The van der Waals surface area contributed by atoms with Crippen LogP contribution in [0.25, 0.3) is 0 Å². The van der Waals surface area contributed by atoms with Crippen molar-refractivity contribution < 1.29 is 13.2 Å². The highest BCUT2D eigenvalue weighted by atomic mass is 32.2. The summed E-state index contributed by atoms with van der Waals surface area (Å²) in [5, 5.41) is 0. The Morgan fingerprint density at radius 3 is 2.45 bits per heavy atom. The molecule has 0 saturated heterocycles. The first-order valence-corrected chi connectivity index (χ1v) is 7.82. The molecule has 6 heteroatoms. The summed E-state index contributed by atoms with van der Waals surface area (Å²) in [6.07, 6.45) is 2.93. The quantitative estimate of drug-likeness (QED) is 0.869. The summed E-state index contributed by atoms with van der Waals surface area (Å²) in [7, 11) is -3.61. The topological polar surface area (TPSA) is 61.2 Å². The first kappa shape index (κ1) is 14.6. The Labute approximate surface area is 119 Å². The van der Waals surface area contributed by atoms with Gasteiger partial charge in [-0.2, -0.15) is 0 Å². The molecule has 0 amide bonds. The van der Waals surface area contributed by atoms with E-state index in [1.807, 2.05) is 13.8 Å². The fourth-order valence-corrected chi connectivity index (χ4v) is 3.69. The molecule has 1 aromatic carbocycles. The fraction of sp³-hybridized carbons (Fsp3) is 0.357. The van der Waals surface area contributed by atoms with Gasteiger partial charge in [-0.05, 0) is 51.0 Å². The van der Waals surface area contributed by atoms with Gasteiger partial charge < -0.3 is 4.74 Å². The van der Waals surface area contributed by atoms with E-state index in [1.54, 1.807) is 26.0 Å². The summed E-state index contributed by atoms with van der Waals surface area (Å²) in [6, 6.07) is 3.28. The molecule has 0 radical (unpaired) electrons. The smallest absolute Gasteiger partial charge is 0.269 e. The van der Waals surface area contributed by atoms with Crippen molar-refractivity contribution >= 4 is 10.0 Å². The third-order valence-electron chi connectivity index (χ3n) is 3.31.